The lowest BCUT2D eigenvalue weighted by molar-refractivity contribution is -0.386. The zero-order valence-corrected chi connectivity index (χ0v) is 19.9. The van der Waals surface area contributed by atoms with Gasteiger partial charge in [0.2, 0.25) is 0 Å². The minimum Gasteiger partial charge on any atom is -0.493 e. The van der Waals surface area contributed by atoms with Crippen molar-refractivity contribution in [1.82, 2.24) is 9.97 Å². The van der Waals surface area contributed by atoms with Crippen LogP contribution >= 0.6 is 0 Å². The number of aromatic amines is 2. The molecule has 35 heavy (non-hydrogen) atoms. The molecule has 0 bridgehead atoms. The number of ether oxygens (including phenoxy) is 3. The highest BCUT2D eigenvalue weighted by molar-refractivity contribution is 5.72. The molecule has 1 heterocycles. The van der Waals surface area contributed by atoms with E-state index in [1.807, 2.05) is 29.2 Å². The normalized spacial score (nSPS) is 11.4. The van der Waals surface area contributed by atoms with Gasteiger partial charge in [0.1, 0.15) is 24.7 Å². The predicted octanol–water partition coefficient (Wildman–Crippen LogP) is 3.91. The van der Waals surface area contributed by atoms with E-state index in [-0.39, 0.29) is 17.7 Å². The van der Waals surface area contributed by atoms with Gasteiger partial charge in [0, 0.05) is 0 Å². The van der Waals surface area contributed by atoms with Crippen molar-refractivity contribution in [2.24, 2.45) is 0 Å². The Kier molecular flexibility index (Phi) is 7.75. The lowest BCUT2D eigenvalue weighted by atomic mass is 9.87. The molecule has 184 valence electrons. The van der Waals surface area contributed by atoms with Gasteiger partial charge in [-0.15, -0.1) is 0 Å². The SMILES string of the molecule is COc1cc(C=Cc2[nH]c(=O)[nH]c(=O)c2[N+](=O)[O-])ccc1OCCOc1ccc(C(C)(C)C)cc1. The highest BCUT2D eigenvalue weighted by Crippen LogP contribution is 2.29. The highest BCUT2D eigenvalue weighted by atomic mass is 16.6. The maximum atomic E-state index is 11.7. The van der Waals surface area contributed by atoms with Crippen LogP contribution in [0, 0.1) is 10.1 Å². The average molecular weight is 482 g/mol. The van der Waals surface area contributed by atoms with Crippen LogP contribution in [0.2, 0.25) is 0 Å². The Hall–Kier alpha value is -4.34. The lowest BCUT2D eigenvalue weighted by Crippen LogP contribution is -2.25. The van der Waals surface area contributed by atoms with Crippen molar-refractivity contribution in [2.45, 2.75) is 26.2 Å². The second kappa shape index (κ2) is 10.7. The summed E-state index contributed by atoms with van der Waals surface area (Å²) in [4.78, 5) is 37.6. The summed E-state index contributed by atoms with van der Waals surface area (Å²) in [6.45, 7) is 7.07. The summed E-state index contributed by atoms with van der Waals surface area (Å²) in [5.74, 6) is 1.68. The molecule has 1 aromatic heterocycles. The zero-order chi connectivity index (χ0) is 25.6. The zero-order valence-electron chi connectivity index (χ0n) is 19.9. The van der Waals surface area contributed by atoms with Gasteiger partial charge in [-0.25, -0.2) is 4.79 Å². The molecular formula is C25H27N3O7. The standard InChI is InChI=1S/C25H27N3O7/c1-25(2,3)17-7-9-18(10-8-17)34-13-14-35-20-12-6-16(15-21(20)33-4)5-11-19-22(28(31)32)23(29)27-24(30)26-19/h5-12,15H,13-14H2,1-4H3,(H2,26,27,29,30). The van der Waals surface area contributed by atoms with Crippen molar-refractivity contribution in [3.8, 4) is 17.2 Å². The number of nitro groups is 1. The van der Waals surface area contributed by atoms with Gasteiger partial charge in [-0.1, -0.05) is 45.0 Å². The average Bonchev–Trinajstić information content (AvgIpc) is 2.79. The van der Waals surface area contributed by atoms with Crippen LogP contribution in [0.3, 0.4) is 0 Å². The number of nitrogens with zero attached hydrogens (tertiary/aromatic N) is 1. The van der Waals surface area contributed by atoms with E-state index in [0.29, 0.717) is 23.7 Å². The first-order valence-electron chi connectivity index (χ1n) is 10.8. The maximum Gasteiger partial charge on any atom is 0.357 e. The Labute approximate surface area is 201 Å². The van der Waals surface area contributed by atoms with Crippen molar-refractivity contribution < 1.29 is 19.1 Å². The Morgan fingerprint density at radius 2 is 1.63 bits per heavy atom. The number of nitrogens with one attached hydrogen (secondary N) is 2. The summed E-state index contributed by atoms with van der Waals surface area (Å²) in [5.41, 5.74) is -0.970. The van der Waals surface area contributed by atoms with Crippen LogP contribution in [-0.2, 0) is 5.41 Å². The second-order valence-electron chi connectivity index (χ2n) is 8.64. The molecule has 2 N–H and O–H groups in total. The fourth-order valence-electron chi connectivity index (χ4n) is 3.25. The monoisotopic (exact) mass is 481 g/mol. The van der Waals surface area contributed by atoms with E-state index in [0.717, 1.165) is 5.75 Å². The molecule has 0 spiro atoms. The van der Waals surface area contributed by atoms with Crippen LogP contribution in [0.25, 0.3) is 12.2 Å². The summed E-state index contributed by atoms with van der Waals surface area (Å²) < 4.78 is 16.9. The molecule has 3 aromatic rings. The highest BCUT2D eigenvalue weighted by Gasteiger charge is 2.19. The largest absolute Gasteiger partial charge is 0.493 e. The molecule has 0 aliphatic carbocycles. The Balaban J connectivity index is 1.64. The minimum atomic E-state index is -1.08. The van der Waals surface area contributed by atoms with Crippen LogP contribution < -0.4 is 25.5 Å². The lowest BCUT2D eigenvalue weighted by Gasteiger charge is -2.19. The van der Waals surface area contributed by atoms with Crippen LogP contribution in [0.1, 0.15) is 37.6 Å². The smallest absolute Gasteiger partial charge is 0.357 e. The molecule has 0 atom stereocenters. The number of methoxy groups -OCH3 is 1. The Morgan fingerprint density at radius 1 is 0.943 bits per heavy atom. The third-order valence-electron chi connectivity index (χ3n) is 5.09. The molecule has 2 aromatic carbocycles. The van der Waals surface area contributed by atoms with Crippen LogP contribution in [-0.4, -0.2) is 35.2 Å². The third-order valence-corrected chi connectivity index (χ3v) is 5.09. The van der Waals surface area contributed by atoms with Gasteiger partial charge in [-0.3, -0.25) is 19.9 Å². The summed E-state index contributed by atoms with van der Waals surface area (Å²) in [6.07, 6.45) is 2.79. The number of hydrogen-bond acceptors (Lipinski definition) is 7. The van der Waals surface area contributed by atoms with Crippen LogP contribution in [0.15, 0.2) is 52.1 Å². The number of hydrogen-bond donors (Lipinski definition) is 2. The molecule has 0 unspecified atom stereocenters. The van der Waals surface area contributed by atoms with E-state index < -0.39 is 21.9 Å². The van der Waals surface area contributed by atoms with Gasteiger partial charge in [0.25, 0.3) is 0 Å². The Bertz CT molecular complexity index is 1330. The molecular weight excluding hydrogens is 454 g/mol. The van der Waals surface area contributed by atoms with E-state index in [9.17, 15) is 19.7 Å². The molecule has 0 amide bonds. The number of benzene rings is 2. The fraction of sp³-hybridized carbons (Fsp3) is 0.280. The van der Waals surface area contributed by atoms with E-state index in [2.05, 4.69) is 25.8 Å². The molecule has 0 saturated carbocycles. The first-order chi connectivity index (χ1) is 16.6. The summed E-state index contributed by atoms with van der Waals surface area (Å²) >= 11 is 0. The van der Waals surface area contributed by atoms with Gasteiger partial charge in [0.15, 0.2) is 11.5 Å². The predicted molar refractivity (Wildman–Crippen MR) is 132 cm³/mol. The quantitative estimate of drug-likeness (QED) is 0.269. The molecule has 0 fully saturated rings. The summed E-state index contributed by atoms with van der Waals surface area (Å²) in [5, 5.41) is 11.2. The molecule has 3 rings (SSSR count). The van der Waals surface area contributed by atoms with Gasteiger partial charge in [-0.2, -0.15) is 0 Å². The van der Waals surface area contributed by atoms with Crippen molar-refractivity contribution in [1.29, 1.82) is 0 Å². The maximum absolute atomic E-state index is 11.7. The Morgan fingerprint density at radius 3 is 2.26 bits per heavy atom. The molecule has 0 radical (unpaired) electrons. The van der Waals surface area contributed by atoms with Gasteiger partial charge < -0.3 is 19.2 Å². The number of aromatic nitrogens is 2. The third kappa shape index (κ3) is 6.59. The molecule has 0 aliphatic rings. The second-order valence-corrected chi connectivity index (χ2v) is 8.64. The van der Waals surface area contributed by atoms with Gasteiger partial charge in [-0.05, 0) is 46.9 Å². The topological polar surface area (TPSA) is 137 Å². The summed E-state index contributed by atoms with van der Waals surface area (Å²) in [6, 6.07) is 13.0. The minimum absolute atomic E-state index is 0.0736. The van der Waals surface area contributed by atoms with Crippen molar-refractivity contribution in [2.75, 3.05) is 20.3 Å². The van der Waals surface area contributed by atoms with E-state index in [4.69, 9.17) is 14.2 Å². The van der Waals surface area contributed by atoms with Gasteiger partial charge >= 0.3 is 16.9 Å². The molecule has 10 nitrogen and oxygen atoms in total. The first-order valence-corrected chi connectivity index (χ1v) is 10.8. The van der Waals surface area contributed by atoms with Crippen molar-refractivity contribution in [3.63, 3.8) is 0 Å². The van der Waals surface area contributed by atoms with E-state index in [1.165, 1.54) is 24.8 Å². The molecule has 10 heteroatoms. The van der Waals surface area contributed by atoms with Gasteiger partial charge in [0.05, 0.1) is 12.0 Å². The van der Waals surface area contributed by atoms with E-state index >= 15 is 0 Å². The van der Waals surface area contributed by atoms with E-state index in [1.54, 1.807) is 18.2 Å². The first kappa shape index (κ1) is 25.3. The van der Waals surface area contributed by atoms with Crippen LogP contribution in [0.5, 0.6) is 17.2 Å². The fourth-order valence-corrected chi connectivity index (χ4v) is 3.25. The number of rotatable bonds is 9. The van der Waals surface area contributed by atoms with Crippen LogP contribution in [0.4, 0.5) is 5.69 Å². The number of H-pyrrole nitrogens is 2. The van der Waals surface area contributed by atoms with Crippen molar-refractivity contribution in [3.05, 3.63) is 90.2 Å². The summed E-state index contributed by atoms with van der Waals surface area (Å²) in [7, 11) is 1.49. The molecule has 0 saturated heterocycles. The van der Waals surface area contributed by atoms with Crippen molar-refractivity contribution >= 4 is 17.8 Å². The molecule has 0 aliphatic heterocycles.